The van der Waals surface area contributed by atoms with Crippen molar-refractivity contribution >= 4 is 33.4 Å². The first-order valence-corrected chi connectivity index (χ1v) is 10.4. The highest BCUT2D eigenvalue weighted by atomic mass is 16.3. The van der Waals surface area contributed by atoms with E-state index in [-0.39, 0.29) is 5.75 Å². The van der Waals surface area contributed by atoms with Crippen LogP contribution in [0.3, 0.4) is 0 Å². The molecule has 0 saturated heterocycles. The number of nitrogens with zero attached hydrogens (tertiary/aromatic N) is 4. The van der Waals surface area contributed by atoms with Gasteiger partial charge in [0.25, 0.3) is 0 Å². The van der Waals surface area contributed by atoms with Gasteiger partial charge in [-0.2, -0.15) is 10.2 Å². The number of benzene rings is 2. The van der Waals surface area contributed by atoms with Crippen molar-refractivity contribution in [2.24, 2.45) is 7.05 Å². The minimum absolute atomic E-state index is 0.253. The van der Waals surface area contributed by atoms with Crippen LogP contribution in [-0.2, 0) is 13.5 Å². The molecule has 0 bridgehead atoms. The molecule has 0 aliphatic rings. The molecule has 0 spiro atoms. The van der Waals surface area contributed by atoms with Gasteiger partial charge in [-0.1, -0.05) is 13.3 Å². The number of aromatic nitrogens is 5. The van der Waals surface area contributed by atoms with E-state index < -0.39 is 0 Å². The van der Waals surface area contributed by atoms with Crippen molar-refractivity contribution in [3.05, 3.63) is 59.8 Å². The molecular weight excluding hydrogens is 388 g/mol. The Morgan fingerprint density at radius 3 is 2.58 bits per heavy atom. The van der Waals surface area contributed by atoms with E-state index in [0.717, 1.165) is 57.5 Å². The van der Waals surface area contributed by atoms with E-state index in [0.29, 0.717) is 0 Å². The van der Waals surface area contributed by atoms with Gasteiger partial charge < -0.3 is 10.4 Å². The van der Waals surface area contributed by atoms with Crippen LogP contribution >= 0.6 is 0 Å². The summed E-state index contributed by atoms with van der Waals surface area (Å²) in [5, 5.41) is 27.2. The molecule has 31 heavy (non-hydrogen) atoms. The predicted molar refractivity (Wildman–Crippen MR) is 124 cm³/mol. The SMILES string of the molecule is CCCc1c(-c2ccc(O)cc2)nc2ccc3[nH]nc(Nc4ccn(C)n4)c3c2c1C. The summed E-state index contributed by atoms with van der Waals surface area (Å²) in [6.45, 7) is 4.34. The molecule has 7 nitrogen and oxygen atoms in total. The average molecular weight is 412 g/mol. The number of pyridine rings is 1. The lowest BCUT2D eigenvalue weighted by atomic mass is 9.93. The second kappa shape index (κ2) is 7.43. The molecule has 0 unspecified atom stereocenters. The number of nitrogens with one attached hydrogen (secondary N) is 2. The maximum atomic E-state index is 9.71. The molecule has 0 fully saturated rings. The van der Waals surface area contributed by atoms with Gasteiger partial charge >= 0.3 is 0 Å². The van der Waals surface area contributed by atoms with Crippen molar-refractivity contribution in [1.82, 2.24) is 25.0 Å². The Bertz CT molecular complexity index is 1400. The van der Waals surface area contributed by atoms with E-state index in [1.165, 1.54) is 11.1 Å². The fraction of sp³-hybridized carbons (Fsp3) is 0.208. The summed E-state index contributed by atoms with van der Waals surface area (Å²) in [6, 6.07) is 13.2. The molecule has 0 radical (unpaired) electrons. The van der Waals surface area contributed by atoms with Crippen molar-refractivity contribution in [1.29, 1.82) is 0 Å². The molecule has 3 heterocycles. The first-order chi connectivity index (χ1) is 15.0. The summed E-state index contributed by atoms with van der Waals surface area (Å²) in [5.41, 5.74) is 6.26. The van der Waals surface area contributed by atoms with E-state index in [1.54, 1.807) is 16.8 Å². The van der Waals surface area contributed by atoms with E-state index >= 15 is 0 Å². The summed E-state index contributed by atoms with van der Waals surface area (Å²) in [7, 11) is 1.89. The Balaban J connectivity index is 1.76. The molecule has 2 aromatic carbocycles. The summed E-state index contributed by atoms with van der Waals surface area (Å²) in [5.74, 6) is 1.74. The quantitative estimate of drug-likeness (QED) is 0.368. The summed E-state index contributed by atoms with van der Waals surface area (Å²) in [4.78, 5) is 5.07. The number of aromatic hydroxyl groups is 1. The monoisotopic (exact) mass is 412 g/mol. The third-order valence-electron chi connectivity index (χ3n) is 5.65. The second-order valence-electron chi connectivity index (χ2n) is 7.81. The van der Waals surface area contributed by atoms with Crippen LogP contribution < -0.4 is 5.32 Å². The van der Waals surface area contributed by atoms with Crippen LogP contribution in [-0.4, -0.2) is 30.1 Å². The van der Waals surface area contributed by atoms with E-state index in [4.69, 9.17) is 4.98 Å². The van der Waals surface area contributed by atoms with Crippen LogP contribution in [0.4, 0.5) is 11.6 Å². The van der Waals surface area contributed by atoms with Crippen LogP contribution in [0.1, 0.15) is 24.5 Å². The number of aromatic amines is 1. The van der Waals surface area contributed by atoms with Crippen molar-refractivity contribution in [2.45, 2.75) is 26.7 Å². The van der Waals surface area contributed by atoms with Gasteiger partial charge in [0.2, 0.25) is 0 Å². The third-order valence-corrected chi connectivity index (χ3v) is 5.65. The first kappa shape index (κ1) is 19.1. The van der Waals surface area contributed by atoms with Crippen LogP contribution in [0.2, 0.25) is 0 Å². The van der Waals surface area contributed by atoms with Gasteiger partial charge in [0.05, 0.1) is 22.1 Å². The van der Waals surface area contributed by atoms with Gasteiger partial charge in [-0.05, 0) is 60.9 Å². The number of H-pyrrole nitrogens is 1. The van der Waals surface area contributed by atoms with Crippen molar-refractivity contribution in [2.75, 3.05) is 5.32 Å². The maximum absolute atomic E-state index is 9.71. The fourth-order valence-electron chi connectivity index (χ4n) is 4.20. The molecule has 5 rings (SSSR count). The number of fused-ring (bicyclic) bond motifs is 3. The second-order valence-corrected chi connectivity index (χ2v) is 7.81. The number of phenolic OH excluding ortho intramolecular Hbond substituents is 1. The van der Waals surface area contributed by atoms with Gasteiger partial charge in [-0.3, -0.25) is 9.78 Å². The summed E-state index contributed by atoms with van der Waals surface area (Å²) in [6.07, 6.45) is 3.83. The number of hydrogen-bond donors (Lipinski definition) is 3. The van der Waals surface area contributed by atoms with E-state index in [2.05, 4.69) is 34.5 Å². The summed E-state index contributed by atoms with van der Waals surface area (Å²) >= 11 is 0. The number of phenols is 1. The highest BCUT2D eigenvalue weighted by Crippen LogP contribution is 2.37. The highest BCUT2D eigenvalue weighted by molar-refractivity contribution is 6.13. The highest BCUT2D eigenvalue weighted by Gasteiger charge is 2.18. The molecule has 0 saturated carbocycles. The zero-order valence-electron chi connectivity index (χ0n) is 17.8. The smallest absolute Gasteiger partial charge is 0.162 e. The minimum Gasteiger partial charge on any atom is -0.508 e. The molecule has 5 aromatic rings. The number of rotatable bonds is 5. The lowest BCUT2D eigenvalue weighted by Crippen LogP contribution is -2.00. The largest absolute Gasteiger partial charge is 0.508 e. The first-order valence-electron chi connectivity index (χ1n) is 10.4. The zero-order valence-corrected chi connectivity index (χ0v) is 17.8. The zero-order chi connectivity index (χ0) is 21.5. The van der Waals surface area contributed by atoms with Gasteiger partial charge in [-0.15, -0.1) is 0 Å². The molecule has 0 aliphatic carbocycles. The molecule has 3 aromatic heterocycles. The fourth-order valence-corrected chi connectivity index (χ4v) is 4.20. The Hall–Kier alpha value is -3.87. The van der Waals surface area contributed by atoms with Gasteiger partial charge in [0.15, 0.2) is 11.6 Å². The standard InChI is InChI=1S/C24H24N6O/c1-4-5-17-14(2)21-18(25-23(17)15-6-8-16(31)9-7-15)10-11-19-22(21)24(28-27-19)26-20-12-13-30(3)29-20/h6-13,31H,4-5H2,1-3H3,(H2,26,27,28,29). The topological polar surface area (TPSA) is 91.6 Å². The number of anilines is 2. The van der Waals surface area contributed by atoms with Crippen LogP contribution in [0.15, 0.2) is 48.7 Å². The molecule has 0 amide bonds. The lowest BCUT2D eigenvalue weighted by Gasteiger charge is -2.16. The molecule has 3 N–H and O–H groups in total. The molecule has 7 heteroatoms. The van der Waals surface area contributed by atoms with Crippen LogP contribution in [0, 0.1) is 6.92 Å². The minimum atomic E-state index is 0.253. The van der Waals surface area contributed by atoms with Crippen LogP contribution in [0.25, 0.3) is 33.1 Å². The molecule has 0 aliphatic heterocycles. The molecular formula is C24H24N6O. The van der Waals surface area contributed by atoms with Crippen molar-refractivity contribution in [3.8, 4) is 17.0 Å². The van der Waals surface area contributed by atoms with Gasteiger partial charge in [0.1, 0.15) is 5.75 Å². The Morgan fingerprint density at radius 2 is 1.87 bits per heavy atom. The van der Waals surface area contributed by atoms with E-state index in [9.17, 15) is 5.11 Å². The van der Waals surface area contributed by atoms with Gasteiger partial charge in [-0.25, -0.2) is 4.98 Å². The lowest BCUT2D eigenvalue weighted by molar-refractivity contribution is 0.475. The number of aryl methyl sites for hydroxylation is 2. The van der Waals surface area contributed by atoms with Crippen molar-refractivity contribution < 1.29 is 5.11 Å². The van der Waals surface area contributed by atoms with E-state index in [1.807, 2.05) is 43.6 Å². The Morgan fingerprint density at radius 1 is 1.06 bits per heavy atom. The third kappa shape index (κ3) is 3.28. The normalized spacial score (nSPS) is 11.5. The Labute approximate surface area is 179 Å². The number of hydrogen-bond acceptors (Lipinski definition) is 5. The summed E-state index contributed by atoms with van der Waals surface area (Å²) < 4.78 is 1.76. The Kier molecular flexibility index (Phi) is 4.58. The predicted octanol–water partition coefficient (Wildman–Crippen LogP) is 5.22. The average Bonchev–Trinajstić information content (AvgIpc) is 3.36. The van der Waals surface area contributed by atoms with Crippen LogP contribution in [0.5, 0.6) is 5.75 Å². The maximum Gasteiger partial charge on any atom is 0.162 e. The molecule has 156 valence electrons. The molecule has 0 atom stereocenters. The van der Waals surface area contributed by atoms with Crippen molar-refractivity contribution in [3.63, 3.8) is 0 Å². The van der Waals surface area contributed by atoms with Gasteiger partial charge in [0, 0.05) is 30.3 Å².